The summed E-state index contributed by atoms with van der Waals surface area (Å²) < 4.78 is 10.9. The van der Waals surface area contributed by atoms with Crippen LogP contribution in [0.15, 0.2) is 48.8 Å². The summed E-state index contributed by atoms with van der Waals surface area (Å²) >= 11 is 0. The topological polar surface area (TPSA) is 116 Å². The molecule has 0 aliphatic heterocycles. The minimum absolute atomic E-state index is 0.261. The Morgan fingerprint density at radius 2 is 1.63 bits per heavy atom. The number of hydrogen-bond acceptors (Lipinski definition) is 6. The van der Waals surface area contributed by atoms with Gasteiger partial charge >= 0.3 is 6.09 Å². The maximum Gasteiger partial charge on any atom is 0.407 e. The summed E-state index contributed by atoms with van der Waals surface area (Å²) in [4.78, 5) is 27.7. The van der Waals surface area contributed by atoms with E-state index in [2.05, 4.69) is 15.6 Å². The minimum atomic E-state index is -0.685. The van der Waals surface area contributed by atoms with Crippen LogP contribution in [0.25, 0.3) is 0 Å². The highest BCUT2D eigenvalue weighted by atomic mass is 16.6. The molecule has 162 valence electrons. The third-order valence-corrected chi connectivity index (χ3v) is 3.96. The van der Waals surface area contributed by atoms with Gasteiger partial charge in [0.1, 0.15) is 18.0 Å². The molecule has 4 N–H and O–H groups in total. The molecule has 0 spiro atoms. The Kier molecular flexibility index (Phi) is 8.61. The van der Waals surface area contributed by atoms with Crippen LogP contribution in [0.3, 0.4) is 0 Å². The van der Waals surface area contributed by atoms with Gasteiger partial charge in [-0.2, -0.15) is 0 Å². The molecule has 1 aromatic carbocycles. The van der Waals surface area contributed by atoms with Crippen molar-refractivity contribution in [3.63, 3.8) is 0 Å². The van der Waals surface area contributed by atoms with Gasteiger partial charge in [0.05, 0.1) is 6.04 Å². The number of aromatic nitrogens is 1. The third-order valence-electron chi connectivity index (χ3n) is 3.96. The van der Waals surface area contributed by atoms with E-state index in [9.17, 15) is 9.59 Å². The molecule has 0 unspecified atom stereocenters. The van der Waals surface area contributed by atoms with Gasteiger partial charge in [-0.3, -0.25) is 9.78 Å². The summed E-state index contributed by atoms with van der Waals surface area (Å²) in [5, 5.41) is 5.29. The van der Waals surface area contributed by atoms with Gasteiger partial charge in [0.25, 0.3) is 0 Å². The van der Waals surface area contributed by atoms with Crippen LogP contribution in [-0.4, -0.2) is 41.7 Å². The van der Waals surface area contributed by atoms with Crippen molar-refractivity contribution in [3.05, 3.63) is 59.9 Å². The van der Waals surface area contributed by atoms with E-state index in [1.807, 2.05) is 36.4 Å². The molecule has 1 heterocycles. The lowest BCUT2D eigenvalue weighted by Gasteiger charge is -2.19. The van der Waals surface area contributed by atoms with Crippen molar-refractivity contribution in [2.45, 2.75) is 45.4 Å². The first kappa shape index (κ1) is 23.2. The Hall–Kier alpha value is -3.13. The highest BCUT2D eigenvalue weighted by molar-refractivity contribution is 5.81. The summed E-state index contributed by atoms with van der Waals surface area (Å²) in [6.45, 7) is 6.35. The first-order valence-electron chi connectivity index (χ1n) is 9.84. The van der Waals surface area contributed by atoms with Crippen molar-refractivity contribution < 1.29 is 19.1 Å². The van der Waals surface area contributed by atoms with E-state index in [-0.39, 0.29) is 19.0 Å². The van der Waals surface area contributed by atoms with E-state index in [1.165, 1.54) is 0 Å². The van der Waals surface area contributed by atoms with Crippen molar-refractivity contribution >= 4 is 12.0 Å². The summed E-state index contributed by atoms with van der Waals surface area (Å²) in [5.74, 6) is 0.459. The van der Waals surface area contributed by atoms with Gasteiger partial charge in [-0.15, -0.1) is 0 Å². The van der Waals surface area contributed by atoms with Crippen LogP contribution in [0.4, 0.5) is 4.79 Å². The molecule has 1 atom stereocenters. The van der Waals surface area contributed by atoms with Crippen LogP contribution in [0, 0.1) is 0 Å². The van der Waals surface area contributed by atoms with Gasteiger partial charge in [-0.1, -0.05) is 12.1 Å². The van der Waals surface area contributed by atoms with Crippen LogP contribution < -0.4 is 21.1 Å². The normalized spacial score (nSPS) is 12.0. The Morgan fingerprint density at radius 1 is 1.00 bits per heavy atom. The van der Waals surface area contributed by atoms with Gasteiger partial charge in [-0.05, 0) is 62.6 Å². The Balaban J connectivity index is 1.68. The smallest absolute Gasteiger partial charge is 0.407 e. The average molecular weight is 415 g/mol. The Labute approximate surface area is 177 Å². The summed E-state index contributed by atoms with van der Waals surface area (Å²) in [6, 6.07) is 10.6. The number of ether oxygens (including phenoxy) is 2. The maximum atomic E-state index is 12.1. The number of hydrogen-bond donors (Lipinski definition) is 3. The number of carbonyl (C=O) groups excluding carboxylic acids is 2. The number of alkyl carbamates (subject to hydrolysis) is 1. The lowest BCUT2D eigenvalue weighted by Crippen LogP contribution is -2.45. The number of pyridine rings is 1. The zero-order valence-electron chi connectivity index (χ0n) is 17.7. The molecule has 0 saturated carbocycles. The van der Waals surface area contributed by atoms with E-state index in [0.717, 1.165) is 16.9 Å². The predicted molar refractivity (Wildman–Crippen MR) is 114 cm³/mol. The SMILES string of the molecule is CC(C)(C)OC(=O)NCCNC(=O)[C@@H](N)Cc1ccc(OCc2ccncc2)cc1. The molecular weight excluding hydrogens is 384 g/mol. The fraction of sp³-hybridized carbons (Fsp3) is 0.409. The second kappa shape index (κ2) is 11.2. The second-order valence-corrected chi connectivity index (χ2v) is 7.82. The number of benzene rings is 1. The molecular formula is C22H30N4O4. The highest BCUT2D eigenvalue weighted by Crippen LogP contribution is 2.15. The van der Waals surface area contributed by atoms with Crippen LogP contribution in [-0.2, 0) is 22.6 Å². The quantitative estimate of drug-likeness (QED) is 0.542. The van der Waals surface area contributed by atoms with Crippen LogP contribution in [0.2, 0.25) is 0 Å². The molecule has 30 heavy (non-hydrogen) atoms. The summed E-state index contributed by atoms with van der Waals surface area (Å²) in [6.07, 6.45) is 3.33. The lowest BCUT2D eigenvalue weighted by molar-refractivity contribution is -0.122. The molecule has 8 heteroatoms. The van der Waals surface area contributed by atoms with Gasteiger partial charge in [-0.25, -0.2) is 4.79 Å². The van der Waals surface area contributed by atoms with Crippen molar-refractivity contribution in [2.24, 2.45) is 5.73 Å². The standard InChI is InChI=1S/C22H30N4O4/c1-22(2,3)30-21(28)26-13-12-25-20(27)19(23)14-16-4-6-18(7-5-16)29-15-17-8-10-24-11-9-17/h4-11,19H,12-15,23H2,1-3H3,(H,25,27)(H,26,28)/t19-/m0/s1. The van der Waals surface area contributed by atoms with E-state index in [4.69, 9.17) is 15.2 Å². The van der Waals surface area contributed by atoms with Crippen molar-refractivity contribution in [2.75, 3.05) is 13.1 Å². The molecule has 2 rings (SSSR count). The minimum Gasteiger partial charge on any atom is -0.489 e. The molecule has 0 aliphatic carbocycles. The first-order valence-corrected chi connectivity index (χ1v) is 9.84. The van der Waals surface area contributed by atoms with Crippen molar-refractivity contribution in [1.82, 2.24) is 15.6 Å². The predicted octanol–water partition coefficient (Wildman–Crippen LogP) is 2.17. The zero-order chi connectivity index (χ0) is 22.0. The molecule has 1 aromatic heterocycles. The zero-order valence-corrected chi connectivity index (χ0v) is 17.7. The fourth-order valence-electron chi connectivity index (χ4n) is 2.51. The van der Waals surface area contributed by atoms with Gasteiger partial charge in [0, 0.05) is 25.5 Å². The van der Waals surface area contributed by atoms with E-state index >= 15 is 0 Å². The summed E-state index contributed by atoms with van der Waals surface area (Å²) in [7, 11) is 0. The van der Waals surface area contributed by atoms with Crippen LogP contribution in [0.1, 0.15) is 31.9 Å². The Morgan fingerprint density at radius 3 is 2.27 bits per heavy atom. The van der Waals surface area contributed by atoms with Crippen molar-refractivity contribution in [1.29, 1.82) is 0 Å². The molecule has 0 saturated heterocycles. The molecule has 8 nitrogen and oxygen atoms in total. The summed E-state index contributed by atoms with van der Waals surface area (Å²) in [5.41, 5.74) is 7.39. The van der Waals surface area contributed by atoms with Gasteiger partial charge < -0.3 is 25.8 Å². The Bertz CT molecular complexity index is 804. The number of nitrogens with zero attached hydrogens (tertiary/aromatic N) is 1. The number of carbonyl (C=O) groups is 2. The maximum absolute atomic E-state index is 12.1. The third kappa shape index (κ3) is 8.91. The van der Waals surface area contributed by atoms with Gasteiger partial charge in [0.15, 0.2) is 0 Å². The number of nitrogens with two attached hydrogens (primary N) is 1. The monoisotopic (exact) mass is 414 g/mol. The molecule has 2 aromatic rings. The molecule has 0 fully saturated rings. The lowest BCUT2D eigenvalue weighted by atomic mass is 10.1. The van der Waals surface area contributed by atoms with E-state index < -0.39 is 17.7 Å². The number of rotatable bonds is 9. The van der Waals surface area contributed by atoms with E-state index in [1.54, 1.807) is 33.2 Å². The van der Waals surface area contributed by atoms with Crippen molar-refractivity contribution in [3.8, 4) is 5.75 Å². The van der Waals surface area contributed by atoms with Gasteiger partial charge in [0.2, 0.25) is 5.91 Å². The number of nitrogens with one attached hydrogen (secondary N) is 2. The fourth-order valence-corrected chi connectivity index (χ4v) is 2.51. The largest absolute Gasteiger partial charge is 0.489 e. The second-order valence-electron chi connectivity index (χ2n) is 7.82. The highest BCUT2D eigenvalue weighted by Gasteiger charge is 2.16. The average Bonchev–Trinajstić information content (AvgIpc) is 2.70. The van der Waals surface area contributed by atoms with Crippen LogP contribution >= 0.6 is 0 Å². The van der Waals surface area contributed by atoms with E-state index in [0.29, 0.717) is 13.0 Å². The first-order chi connectivity index (χ1) is 14.2. The molecule has 0 bridgehead atoms. The number of amides is 2. The molecule has 0 radical (unpaired) electrons. The molecule has 0 aliphatic rings. The van der Waals surface area contributed by atoms with Crippen LogP contribution in [0.5, 0.6) is 5.75 Å². The molecule has 2 amide bonds.